The molecule has 4 rings (SSSR count). The van der Waals surface area contributed by atoms with Gasteiger partial charge in [0.15, 0.2) is 5.79 Å². The lowest BCUT2D eigenvalue weighted by molar-refractivity contribution is -0.202. The first-order valence-electron chi connectivity index (χ1n) is 9.20. The van der Waals surface area contributed by atoms with Crippen LogP contribution in [-0.4, -0.2) is 19.0 Å². The SMILES string of the molecule is CC(C)[C@H]1CC[C@]2(C)C=C[C@H]3[C@H](C=CCCC34OCCO4)[C@H]12. The van der Waals surface area contributed by atoms with Crippen molar-refractivity contribution in [2.24, 2.45) is 35.0 Å². The van der Waals surface area contributed by atoms with Crippen molar-refractivity contribution in [3.63, 3.8) is 0 Å². The normalized spacial score (nSPS) is 46.0. The molecule has 0 aromatic rings. The van der Waals surface area contributed by atoms with Gasteiger partial charge in [0.25, 0.3) is 0 Å². The van der Waals surface area contributed by atoms with Gasteiger partial charge in [0.1, 0.15) is 0 Å². The van der Waals surface area contributed by atoms with Crippen molar-refractivity contribution in [2.45, 2.75) is 52.2 Å². The van der Waals surface area contributed by atoms with E-state index in [0.717, 1.165) is 43.8 Å². The minimum Gasteiger partial charge on any atom is -0.347 e. The molecule has 0 aromatic carbocycles. The first-order chi connectivity index (χ1) is 10.6. The Kier molecular flexibility index (Phi) is 3.54. The first-order valence-corrected chi connectivity index (χ1v) is 9.20. The summed E-state index contributed by atoms with van der Waals surface area (Å²) < 4.78 is 12.4. The molecular weight excluding hydrogens is 272 g/mol. The highest BCUT2D eigenvalue weighted by molar-refractivity contribution is 5.22. The van der Waals surface area contributed by atoms with Crippen LogP contribution in [0.2, 0.25) is 0 Å². The third-order valence-electron chi connectivity index (χ3n) is 6.91. The van der Waals surface area contributed by atoms with Crippen LogP contribution in [-0.2, 0) is 9.47 Å². The molecule has 122 valence electrons. The largest absolute Gasteiger partial charge is 0.347 e. The summed E-state index contributed by atoms with van der Waals surface area (Å²) >= 11 is 0. The molecule has 22 heavy (non-hydrogen) atoms. The Balaban J connectivity index is 1.76. The summed E-state index contributed by atoms with van der Waals surface area (Å²) in [6, 6.07) is 0. The molecule has 0 amide bonds. The quantitative estimate of drug-likeness (QED) is 0.661. The highest BCUT2D eigenvalue weighted by atomic mass is 16.7. The molecule has 0 bridgehead atoms. The number of fused-ring (bicyclic) bond motifs is 4. The Morgan fingerprint density at radius 1 is 1.09 bits per heavy atom. The van der Waals surface area contributed by atoms with E-state index >= 15 is 0 Å². The van der Waals surface area contributed by atoms with Gasteiger partial charge in [-0.1, -0.05) is 45.1 Å². The second-order valence-electron chi connectivity index (χ2n) is 8.42. The van der Waals surface area contributed by atoms with E-state index in [4.69, 9.17) is 9.47 Å². The molecule has 0 N–H and O–H groups in total. The summed E-state index contributed by atoms with van der Waals surface area (Å²) in [7, 11) is 0. The van der Waals surface area contributed by atoms with Crippen LogP contribution in [0, 0.1) is 35.0 Å². The average molecular weight is 302 g/mol. The Morgan fingerprint density at radius 3 is 2.59 bits per heavy atom. The van der Waals surface area contributed by atoms with E-state index in [-0.39, 0.29) is 5.79 Å². The molecule has 1 saturated carbocycles. The molecule has 0 unspecified atom stereocenters. The van der Waals surface area contributed by atoms with E-state index in [2.05, 4.69) is 45.1 Å². The second kappa shape index (κ2) is 5.21. The predicted molar refractivity (Wildman–Crippen MR) is 88.3 cm³/mol. The maximum Gasteiger partial charge on any atom is 0.175 e. The van der Waals surface area contributed by atoms with Crippen LogP contribution < -0.4 is 0 Å². The summed E-state index contributed by atoms with van der Waals surface area (Å²) in [4.78, 5) is 0. The number of ether oxygens (including phenoxy) is 2. The van der Waals surface area contributed by atoms with Crippen LogP contribution in [0.4, 0.5) is 0 Å². The van der Waals surface area contributed by atoms with Crippen molar-refractivity contribution < 1.29 is 9.47 Å². The third-order valence-corrected chi connectivity index (χ3v) is 6.91. The Morgan fingerprint density at radius 2 is 1.86 bits per heavy atom. The van der Waals surface area contributed by atoms with Crippen molar-refractivity contribution in [3.05, 3.63) is 24.3 Å². The fourth-order valence-corrected chi connectivity index (χ4v) is 5.85. The van der Waals surface area contributed by atoms with Crippen LogP contribution in [0.1, 0.15) is 46.5 Å². The average Bonchev–Trinajstić information content (AvgIpc) is 3.03. The fraction of sp³-hybridized carbons (Fsp3) is 0.800. The monoisotopic (exact) mass is 302 g/mol. The first kappa shape index (κ1) is 15.0. The highest BCUT2D eigenvalue weighted by Gasteiger charge is 2.57. The van der Waals surface area contributed by atoms with Gasteiger partial charge in [0.05, 0.1) is 13.2 Å². The maximum atomic E-state index is 6.19. The zero-order valence-corrected chi connectivity index (χ0v) is 14.3. The van der Waals surface area contributed by atoms with Gasteiger partial charge in [-0.05, 0) is 48.3 Å². The zero-order chi connectivity index (χ0) is 15.4. The van der Waals surface area contributed by atoms with Crippen LogP contribution in [0.25, 0.3) is 0 Å². The lowest BCUT2D eigenvalue weighted by atomic mass is 9.59. The van der Waals surface area contributed by atoms with E-state index in [1.54, 1.807) is 0 Å². The molecule has 3 aliphatic carbocycles. The van der Waals surface area contributed by atoms with Crippen molar-refractivity contribution in [2.75, 3.05) is 13.2 Å². The van der Waals surface area contributed by atoms with Crippen molar-refractivity contribution in [3.8, 4) is 0 Å². The van der Waals surface area contributed by atoms with E-state index in [0.29, 0.717) is 17.3 Å². The van der Waals surface area contributed by atoms with Gasteiger partial charge in [-0.15, -0.1) is 0 Å². The topological polar surface area (TPSA) is 18.5 Å². The molecule has 1 aliphatic heterocycles. The van der Waals surface area contributed by atoms with Gasteiger partial charge < -0.3 is 9.47 Å². The highest BCUT2D eigenvalue weighted by Crippen LogP contribution is 2.60. The zero-order valence-electron chi connectivity index (χ0n) is 14.3. The van der Waals surface area contributed by atoms with E-state index in [9.17, 15) is 0 Å². The summed E-state index contributed by atoms with van der Waals surface area (Å²) in [5.74, 6) is 2.94. The summed E-state index contributed by atoms with van der Waals surface area (Å²) in [6.45, 7) is 8.80. The molecule has 1 heterocycles. The fourth-order valence-electron chi connectivity index (χ4n) is 5.85. The Hall–Kier alpha value is -0.600. The minimum atomic E-state index is -0.351. The smallest absolute Gasteiger partial charge is 0.175 e. The molecule has 0 aromatic heterocycles. The molecule has 1 spiro atoms. The minimum absolute atomic E-state index is 0.351. The molecule has 2 fully saturated rings. The molecule has 2 nitrogen and oxygen atoms in total. The number of rotatable bonds is 1. The molecule has 5 atom stereocenters. The number of hydrogen-bond acceptors (Lipinski definition) is 2. The van der Waals surface area contributed by atoms with E-state index < -0.39 is 0 Å². The predicted octanol–water partition coefficient (Wildman–Crippen LogP) is 4.57. The van der Waals surface area contributed by atoms with Gasteiger partial charge in [0.2, 0.25) is 0 Å². The van der Waals surface area contributed by atoms with Crippen LogP contribution in [0.5, 0.6) is 0 Å². The Bertz CT molecular complexity index is 486. The van der Waals surface area contributed by atoms with Crippen LogP contribution in [0.15, 0.2) is 24.3 Å². The molecular formula is C20H30O2. The number of allylic oxidation sites excluding steroid dienone is 3. The summed E-state index contributed by atoms with van der Waals surface area (Å²) in [6.07, 6.45) is 14.7. The standard InChI is InChI=1S/C20H30O2/c1-14(2)15-7-10-19(3)11-8-17-16(18(15)19)6-4-5-9-20(17)21-12-13-22-20/h4,6,8,11,14-18H,5,7,9-10,12-13H2,1-3H3/t15-,16+,17+,18+,19-/m1/s1. The van der Waals surface area contributed by atoms with Crippen molar-refractivity contribution in [1.82, 2.24) is 0 Å². The van der Waals surface area contributed by atoms with Crippen molar-refractivity contribution >= 4 is 0 Å². The van der Waals surface area contributed by atoms with E-state index in [1.807, 2.05) is 0 Å². The van der Waals surface area contributed by atoms with Gasteiger partial charge in [0, 0.05) is 12.3 Å². The van der Waals surface area contributed by atoms with Crippen LogP contribution >= 0.6 is 0 Å². The van der Waals surface area contributed by atoms with Crippen LogP contribution in [0.3, 0.4) is 0 Å². The molecule has 4 aliphatic rings. The molecule has 0 radical (unpaired) electrons. The lowest BCUT2D eigenvalue weighted by Crippen LogP contribution is -2.48. The van der Waals surface area contributed by atoms with Gasteiger partial charge in [-0.25, -0.2) is 0 Å². The summed E-state index contributed by atoms with van der Waals surface area (Å²) in [5.41, 5.74) is 0.366. The Labute approximate surface area is 134 Å². The molecule has 2 heteroatoms. The lowest BCUT2D eigenvalue weighted by Gasteiger charge is -2.48. The van der Waals surface area contributed by atoms with Gasteiger partial charge >= 0.3 is 0 Å². The third kappa shape index (κ3) is 2.06. The van der Waals surface area contributed by atoms with Crippen molar-refractivity contribution in [1.29, 1.82) is 0 Å². The van der Waals surface area contributed by atoms with Gasteiger partial charge in [-0.3, -0.25) is 0 Å². The van der Waals surface area contributed by atoms with E-state index in [1.165, 1.54) is 12.8 Å². The van der Waals surface area contributed by atoms with Gasteiger partial charge in [-0.2, -0.15) is 0 Å². The summed E-state index contributed by atoms with van der Waals surface area (Å²) in [5, 5.41) is 0. The second-order valence-corrected chi connectivity index (χ2v) is 8.42. The molecule has 1 saturated heterocycles. The maximum absolute atomic E-state index is 6.19. The number of hydrogen-bond donors (Lipinski definition) is 0.